The third-order valence-corrected chi connectivity index (χ3v) is 7.42. The molecule has 128 valence electrons. The highest BCUT2D eigenvalue weighted by Gasteiger charge is 2.16. The molecule has 0 radical (unpaired) electrons. The lowest BCUT2D eigenvalue weighted by atomic mass is 10.2. The van der Waals surface area contributed by atoms with Crippen LogP contribution in [0, 0.1) is 0 Å². The molecule has 0 spiro atoms. The van der Waals surface area contributed by atoms with Gasteiger partial charge in [0.15, 0.2) is 0 Å². The predicted molar refractivity (Wildman–Crippen MR) is 114 cm³/mol. The Hall–Kier alpha value is -1.04. The largest absolute Gasteiger partial charge is 0.122 e. The van der Waals surface area contributed by atoms with E-state index in [9.17, 15) is 0 Å². The summed E-state index contributed by atoms with van der Waals surface area (Å²) in [6.07, 6.45) is 0. The van der Waals surface area contributed by atoms with Crippen molar-refractivity contribution in [1.29, 1.82) is 0 Å². The second-order valence-electron chi connectivity index (χ2n) is 5.74. The topological polar surface area (TPSA) is 0 Å². The quantitative estimate of drug-likeness (QED) is 0.365. The maximum absolute atomic E-state index is 5.94. The van der Waals surface area contributed by atoms with E-state index in [0.29, 0.717) is 17.6 Å². The molecule has 0 saturated carbocycles. The Bertz CT molecular complexity index is 683. The molecule has 0 atom stereocenters. The molecule has 4 heteroatoms. The lowest BCUT2D eigenvalue weighted by Gasteiger charge is -2.20. The van der Waals surface area contributed by atoms with Crippen LogP contribution < -0.4 is 15.9 Å². The highest BCUT2D eigenvalue weighted by molar-refractivity contribution is 7.79. The van der Waals surface area contributed by atoms with E-state index in [2.05, 4.69) is 72.8 Å². The first kappa shape index (κ1) is 18.7. The Kier molecular flexibility index (Phi) is 6.79. The highest BCUT2D eigenvalue weighted by Crippen LogP contribution is 2.33. The molecular weight excluding hydrogens is 390 g/mol. The number of benzene rings is 3. The third kappa shape index (κ3) is 4.57. The van der Waals surface area contributed by atoms with E-state index in [1.807, 2.05) is 0 Å². The molecule has 3 aromatic rings. The summed E-state index contributed by atoms with van der Waals surface area (Å²) >= 11 is 17.8. The monoisotopic (exact) mass is 406 g/mol. The van der Waals surface area contributed by atoms with Gasteiger partial charge in [-0.2, -0.15) is 0 Å². The van der Waals surface area contributed by atoms with E-state index in [4.69, 9.17) is 34.8 Å². The molecule has 25 heavy (non-hydrogen) atoms. The van der Waals surface area contributed by atoms with Gasteiger partial charge in [-0.05, 0) is 40.5 Å². The molecule has 0 nitrogen and oxygen atoms in total. The normalized spacial score (nSPS) is 11.0. The Morgan fingerprint density at radius 2 is 0.680 bits per heavy atom. The first-order chi connectivity index (χ1) is 12.2. The number of hydrogen-bond donors (Lipinski definition) is 0. The molecule has 0 aromatic heterocycles. The highest BCUT2D eigenvalue weighted by atomic mass is 35.5. The average Bonchev–Trinajstić information content (AvgIpc) is 2.70. The second-order valence-corrected chi connectivity index (χ2v) is 8.76. The van der Waals surface area contributed by atoms with Gasteiger partial charge in [-0.1, -0.05) is 72.8 Å². The summed E-state index contributed by atoms with van der Waals surface area (Å²) in [6, 6.07) is 25.8. The van der Waals surface area contributed by atoms with Crippen molar-refractivity contribution in [2.45, 2.75) is 17.6 Å². The number of alkyl halides is 3. The van der Waals surface area contributed by atoms with Crippen LogP contribution in [-0.4, -0.2) is 0 Å². The molecule has 0 unspecified atom stereocenters. The van der Waals surface area contributed by atoms with Crippen molar-refractivity contribution in [2.24, 2.45) is 0 Å². The van der Waals surface area contributed by atoms with Gasteiger partial charge < -0.3 is 0 Å². The van der Waals surface area contributed by atoms with Crippen LogP contribution in [0.15, 0.2) is 72.8 Å². The fourth-order valence-electron chi connectivity index (χ4n) is 2.65. The Morgan fingerprint density at radius 1 is 0.440 bits per heavy atom. The van der Waals surface area contributed by atoms with Crippen molar-refractivity contribution in [1.82, 2.24) is 0 Å². The summed E-state index contributed by atoms with van der Waals surface area (Å²) in [4.78, 5) is 0. The molecule has 0 bridgehead atoms. The average molecular weight is 408 g/mol. The summed E-state index contributed by atoms with van der Waals surface area (Å²) in [5.41, 5.74) is 3.40. The molecule has 3 rings (SSSR count). The lowest BCUT2D eigenvalue weighted by Crippen LogP contribution is -2.20. The summed E-state index contributed by atoms with van der Waals surface area (Å²) < 4.78 is 0. The van der Waals surface area contributed by atoms with Crippen LogP contribution in [0.5, 0.6) is 0 Å². The second kappa shape index (κ2) is 9.06. The molecule has 3 aromatic carbocycles. The van der Waals surface area contributed by atoms with Gasteiger partial charge in [-0.3, -0.25) is 0 Å². The van der Waals surface area contributed by atoms with E-state index in [-0.39, 0.29) is 0 Å². The minimum Gasteiger partial charge on any atom is -0.122 e. The predicted octanol–water partition coefficient (Wildman–Crippen LogP) is 5.66. The molecule has 0 aliphatic rings. The lowest BCUT2D eigenvalue weighted by molar-refractivity contribution is 1.41. The molecule has 0 aliphatic heterocycles. The minimum atomic E-state index is -0.627. The van der Waals surface area contributed by atoms with Gasteiger partial charge in [0.1, 0.15) is 0 Å². The fourth-order valence-corrected chi connectivity index (χ4v) is 5.42. The van der Waals surface area contributed by atoms with E-state index < -0.39 is 7.92 Å². The van der Waals surface area contributed by atoms with E-state index in [1.165, 1.54) is 15.9 Å². The van der Waals surface area contributed by atoms with Gasteiger partial charge >= 0.3 is 0 Å². The molecule has 0 amide bonds. The number of hydrogen-bond acceptors (Lipinski definition) is 0. The Balaban J connectivity index is 2.04. The zero-order valence-electron chi connectivity index (χ0n) is 13.6. The summed E-state index contributed by atoms with van der Waals surface area (Å²) in [6.45, 7) is 0. The van der Waals surface area contributed by atoms with E-state index >= 15 is 0 Å². The number of halogens is 3. The van der Waals surface area contributed by atoms with Crippen molar-refractivity contribution in [2.75, 3.05) is 0 Å². The minimum absolute atomic E-state index is 0.535. The van der Waals surface area contributed by atoms with Crippen LogP contribution in [0.2, 0.25) is 0 Å². The number of rotatable bonds is 6. The Morgan fingerprint density at radius 3 is 0.880 bits per heavy atom. The van der Waals surface area contributed by atoms with Crippen LogP contribution in [-0.2, 0) is 17.6 Å². The van der Waals surface area contributed by atoms with Crippen molar-refractivity contribution < 1.29 is 0 Å². The van der Waals surface area contributed by atoms with E-state index in [0.717, 1.165) is 16.7 Å². The van der Waals surface area contributed by atoms with Crippen molar-refractivity contribution in [3.05, 3.63) is 89.5 Å². The van der Waals surface area contributed by atoms with Gasteiger partial charge in [0.05, 0.1) is 0 Å². The molecule has 0 heterocycles. The zero-order chi connectivity index (χ0) is 17.6. The smallest absolute Gasteiger partial charge is 0.0474 e. The zero-order valence-corrected chi connectivity index (χ0v) is 16.8. The summed E-state index contributed by atoms with van der Waals surface area (Å²) in [7, 11) is -0.627. The summed E-state index contributed by atoms with van der Waals surface area (Å²) in [5.74, 6) is 1.60. The molecule has 0 N–H and O–H groups in total. The van der Waals surface area contributed by atoms with Crippen molar-refractivity contribution in [3.63, 3.8) is 0 Å². The molecular formula is C21H18Cl3P. The van der Waals surface area contributed by atoms with Crippen LogP contribution in [0.25, 0.3) is 0 Å². The van der Waals surface area contributed by atoms with Crippen molar-refractivity contribution in [3.8, 4) is 0 Å². The van der Waals surface area contributed by atoms with Gasteiger partial charge in [0, 0.05) is 17.6 Å². The molecule has 0 saturated heterocycles. The third-order valence-electron chi connectivity index (χ3n) is 4.05. The molecule has 0 aliphatic carbocycles. The first-order valence-electron chi connectivity index (χ1n) is 8.00. The van der Waals surface area contributed by atoms with Gasteiger partial charge in [0.2, 0.25) is 0 Å². The SMILES string of the molecule is ClCc1ccc(P(c2ccc(CCl)cc2)c2ccc(CCl)cc2)cc1. The molecule has 0 fully saturated rings. The standard InChI is InChI=1S/C21H18Cl3P/c22-13-16-1-7-19(8-2-16)25(20-9-3-17(14-23)4-10-20)21-11-5-18(15-24)6-12-21/h1-12H,13-15H2. The van der Waals surface area contributed by atoms with E-state index in [1.54, 1.807) is 0 Å². The fraction of sp³-hybridized carbons (Fsp3) is 0.143. The van der Waals surface area contributed by atoms with Crippen LogP contribution in [0.4, 0.5) is 0 Å². The van der Waals surface area contributed by atoms with Crippen molar-refractivity contribution >= 4 is 58.6 Å². The summed E-state index contributed by atoms with van der Waals surface area (Å²) in [5, 5.41) is 3.92. The van der Waals surface area contributed by atoms with Crippen LogP contribution >= 0.6 is 42.7 Å². The maximum Gasteiger partial charge on any atom is 0.0474 e. The van der Waals surface area contributed by atoms with Gasteiger partial charge in [0.25, 0.3) is 0 Å². The maximum atomic E-state index is 5.94. The first-order valence-corrected chi connectivity index (χ1v) is 10.9. The van der Waals surface area contributed by atoms with Gasteiger partial charge in [-0.15, -0.1) is 34.8 Å². The van der Waals surface area contributed by atoms with Crippen LogP contribution in [0.3, 0.4) is 0 Å². The van der Waals surface area contributed by atoms with Gasteiger partial charge in [-0.25, -0.2) is 0 Å². The Labute approximate surface area is 165 Å². The van der Waals surface area contributed by atoms with Crippen LogP contribution in [0.1, 0.15) is 16.7 Å².